The molecule has 2 aromatic rings. The lowest BCUT2D eigenvalue weighted by Gasteiger charge is -2.07. The Labute approximate surface area is 138 Å². The Balaban J connectivity index is 2.01. The molecule has 120 valence electrons. The largest absolute Gasteiger partial charge is 0.497 e. The number of ether oxygens (including phenoxy) is 1. The average Bonchev–Trinajstić information content (AvgIpc) is 2.91. The van der Waals surface area contributed by atoms with Crippen LogP contribution in [-0.4, -0.2) is 7.11 Å². The van der Waals surface area contributed by atoms with E-state index in [1.165, 1.54) is 12.1 Å². The standard InChI is InChI=1S/C20H13F3O/c1-3-14-11-15(18-9-8-17(24-2)12-19(14)18)10-13-4-6-16(7-5-13)20(21,22)23/h1,4-12H,2H3. The van der Waals surface area contributed by atoms with Crippen LogP contribution in [0, 0.1) is 12.3 Å². The van der Waals surface area contributed by atoms with Gasteiger partial charge in [0.05, 0.1) is 12.7 Å². The van der Waals surface area contributed by atoms with Crippen LogP contribution in [0.25, 0.3) is 17.2 Å². The monoisotopic (exact) mass is 326 g/mol. The van der Waals surface area contributed by atoms with Gasteiger partial charge in [0.1, 0.15) is 5.75 Å². The maximum absolute atomic E-state index is 12.6. The lowest BCUT2D eigenvalue weighted by atomic mass is 10.0. The fourth-order valence-corrected chi connectivity index (χ4v) is 2.62. The van der Waals surface area contributed by atoms with Crippen molar-refractivity contribution in [2.24, 2.45) is 0 Å². The second-order valence-electron chi connectivity index (χ2n) is 5.33. The lowest BCUT2D eigenvalue weighted by molar-refractivity contribution is -0.137. The molecule has 0 spiro atoms. The van der Waals surface area contributed by atoms with E-state index < -0.39 is 11.7 Å². The molecule has 1 aliphatic rings. The van der Waals surface area contributed by atoms with Crippen LogP contribution in [0.2, 0.25) is 0 Å². The van der Waals surface area contributed by atoms with E-state index >= 15 is 0 Å². The molecule has 24 heavy (non-hydrogen) atoms. The minimum atomic E-state index is -4.33. The van der Waals surface area contributed by atoms with E-state index in [0.29, 0.717) is 11.3 Å². The number of allylic oxidation sites excluding steroid dienone is 3. The van der Waals surface area contributed by atoms with Gasteiger partial charge in [-0.1, -0.05) is 24.1 Å². The predicted molar refractivity (Wildman–Crippen MR) is 89.1 cm³/mol. The highest BCUT2D eigenvalue weighted by Gasteiger charge is 2.29. The number of hydrogen-bond acceptors (Lipinski definition) is 1. The SMILES string of the molecule is C#CC1=CC(=Cc2ccc(C(F)(F)F)cc2)c2ccc(OC)cc21. The number of fused-ring (bicyclic) bond motifs is 1. The summed E-state index contributed by atoms with van der Waals surface area (Å²) >= 11 is 0. The Morgan fingerprint density at radius 1 is 1.04 bits per heavy atom. The van der Waals surface area contributed by atoms with Crippen molar-refractivity contribution >= 4 is 17.2 Å². The van der Waals surface area contributed by atoms with Crippen molar-refractivity contribution in [3.8, 4) is 18.1 Å². The van der Waals surface area contributed by atoms with Crippen LogP contribution in [0.15, 0.2) is 48.5 Å². The molecule has 1 nitrogen and oxygen atoms in total. The molecule has 0 amide bonds. The van der Waals surface area contributed by atoms with Crippen molar-refractivity contribution in [1.82, 2.24) is 0 Å². The molecule has 3 rings (SSSR count). The number of hydrogen-bond donors (Lipinski definition) is 0. The highest BCUT2D eigenvalue weighted by molar-refractivity contribution is 6.05. The van der Waals surface area contributed by atoms with E-state index in [4.69, 9.17) is 11.2 Å². The van der Waals surface area contributed by atoms with Crippen molar-refractivity contribution < 1.29 is 17.9 Å². The van der Waals surface area contributed by atoms with E-state index in [1.807, 2.05) is 30.4 Å². The summed E-state index contributed by atoms with van der Waals surface area (Å²) in [7, 11) is 1.58. The van der Waals surface area contributed by atoms with Gasteiger partial charge in [-0.05, 0) is 53.1 Å². The Morgan fingerprint density at radius 2 is 1.75 bits per heavy atom. The molecule has 0 saturated heterocycles. The number of halogens is 3. The maximum Gasteiger partial charge on any atom is 0.416 e. The second-order valence-corrected chi connectivity index (χ2v) is 5.33. The topological polar surface area (TPSA) is 9.23 Å². The fourth-order valence-electron chi connectivity index (χ4n) is 2.62. The summed E-state index contributed by atoms with van der Waals surface area (Å²) in [6, 6.07) is 10.6. The van der Waals surface area contributed by atoms with Gasteiger partial charge in [0.2, 0.25) is 0 Å². The van der Waals surface area contributed by atoms with E-state index in [0.717, 1.165) is 34.4 Å². The summed E-state index contributed by atoms with van der Waals surface area (Å²) in [5.41, 5.74) is 3.41. The van der Waals surface area contributed by atoms with Crippen molar-refractivity contribution in [1.29, 1.82) is 0 Å². The molecule has 2 aromatic carbocycles. The molecule has 0 saturated carbocycles. The number of benzene rings is 2. The molecular weight excluding hydrogens is 313 g/mol. The second kappa shape index (κ2) is 5.93. The molecule has 4 heteroatoms. The highest BCUT2D eigenvalue weighted by Crippen LogP contribution is 2.38. The fraction of sp³-hybridized carbons (Fsp3) is 0.100. The van der Waals surface area contributed by atoms with Crippen molar-refractivity contribution in [3.05, 3.63) is 70.8 Å². The average molecular weight is 326 g/mol. The zero-order chi connectivity index (χ0) is 17.3. The first kappa shape index (κ1) is 15.9. The summed E-state index contributed by atoms with van der Waals surface area (Å²) in [6.45, 7) is 0. The maximum atomic E-state index is 12.6. The summed E-state index contributed by atoms with van der Waals surface area (Å²) in [5.74, 6) is 3.33. The van der Waals surface area contributed by atoms with E-state index in [1.54, 1.807) is 7.11 Å². The molecule has 0 unspecified atom stereocenters. The van der Waals surface area contributed by atoms with Crippen LogP contribution in [0.4, 0.5) is 13.2 Å². The molecule has 0 atom stereocenters. The predicted octanol–water partition coefficient (Wildman–Crippen LogP) is 5.28. The normalized spacial score (nSPS) is 15.0. The third-order valence-electron chi connectivity index (χ3n) is 3.84. The summed E-state index contributed by atoms with van der Waals surface area (Å²) in [6.07, 6.45) is 4.88. The lowest BCUT2D eigenvalue weighted by Crippen LogP contribution is -2.03. The summed E-state index contributed by atoms with van der Waals surface area (Å²) < 4.78 is 43.1. The molecule has 0 heterocycles. The molecule has 0 N–H and O–H groups in total. The number of alkyl halides is 3. The molecular formula is C20H13F3O. The highest BCUT2D eigenvalue weighted by atomic mass is 19.4. The zero-order valence-corrected chi connectivity index (χ0v) is 12.8. The molecule has 0 aromatic heterocycles. The number of terminal acetylenes is 1. The van der Waals surface area contributed by atoms with Crippen LogP contribution < -0.4 is 4.74 Å². The van der Waals surface area contributed by atoms with Crippen LogP contribution in [0.5, 0.6) is 5.75 Å². The van der Waals surface area contributed by atoms with E-state index in [9.17, 15) is 13.2 Å². The van der Waals surface area contributed by atoms with Crippen LogP contribution in [-0.2, 0) is 6.18 Å². The number of rotatable bonds is 2. The first-order valence-electron chi connectivity index (χ1n) is 7.18. The smallest absolute Gasteiger partial charge is 0.416 e. The van der Waals surface area contributed by atoms with Gasteiger partial charge < -0.3 is 4.74 Å². The number of methoxy groups -OCH3 is 1. The zero-order valence-electron chi connectivity index (χ0n) is 12.8. The Kier molecular flexibility index (Phi) is 3.94. The Morgan fingerprint density at radius 3 is 2.33 bits per heavy atom. The van der Waals surface area contributed by atoms with Gasteiger partial charge in [0, 0.05) is 11.1 Å². The first-order chi connectivity index (χ1) is 11.4. The van der Waals surface area contributed by atoms with Crippen LogP contribution in [0.1, 0.15) is 22.3 Å². The van der Waals surface area contributed by atoms with Gasteiger partial charge in [0.15, 0.2) is 0 Å². The minimum absolute atomic E-state index is 0.666. The van der Waals surface area contributed by atoms with Gasteiger partial charge in [-0.25, -0.2) is 0 Å². The van der Waals surface area contributed by atoms with Crippen LogP contribution >= 0.6 is 0 Å². The van der Waals surface area contributed by atoms with Crippen molar-refractivity contribution in [2.45, 2.75) is 6.18 Å². The van der Waals surface area contributed by atoms with Crippen LogP contribution in [0.3, 0.4) is 0 Å². The van der Waals surface area contributed by atoms with Gasteiger partial charge in [0.25, 0.3) is 0 Å². The van der Waals surface area contributed by atoms with Crippen molar-refractivity contribution in [2.75, 3.05) is 7.11 Å². The molecule has 1 aliphatic carbocycles. The van der Waals surface area contributed by atoms with Gasteiger partial charge in [-0.15, -0.1) is 6.42 Å². The quantitative estimate of drug-likeness (QED) is 0.682. The Hall–Kier alpha value is -2.93. The Bertz CT molecular complexity index is 879. The van der Waals surface area contributed by atoms with Crippen molar-refractivity contribution in [3.63, 3.8) is 0 Å². The molecule has 0 radical (unpaired) electrons. The molecule has 0 aliphatic heterocycles. The molecule has 0 fully saturated rings. The van der Waals surface area contributed by atoms with Gasteiger partial charge in [-0.2, -0.15) is 13.2 Å². The van der Waals surface area contributed by atoms with Gasteiger partial charge >= 0.3 is 6.18 Å². The molecule has 0 bridgehead atoms. The third kappa shape index (κ3) is 2.93. The van der Waals surface area contributed by atoms with E-state index in [-0.39, 0.29) is 0 Å². The van der Waals surface area contributed by atoms with E-state index in [2.05, 4.69) is 5.92 Å². The summed E-state index contributed by atoms with van der Waals surface area (Å²) in [5, 5.41) is 0. The van der Waals surface area contributed by atoms with Gasteiger partial charge in [-0.3, -0.25) is 0 Å². The first-order valence-corrected chi connectivity index (χ1v) is 7.18. The minimum Gasteiger partial charge on any atom is -0.497 e. The third-order valence-corrected chi connectivity index (χ3v) is 3.84. The summed E-state index contributed by atoms with van der Waals surface area (Å²) in [4.78, 5) is 0.